The van der Waals surface area contributed by atoms with Gasteiger partial charge in [0.1, 0.15) is 17.1 Å². The lowest BCUT2D eigenvalue weighted by Gasteiger charge is -2.77. The second-order valence-corrected chi connectivity index (χ2v) is 18.4. The van der Waals surface area contributed by atoms with Crippen LogP contribution < -0.4 is 9.64 Å². The van der Waals surface area contributed by atoms with E-state index in [4.69, 9.17) is 9.15 Å². The van der Waals surface area contributed by atoms with Crippen molar-refractivity contribution in [2.75, 3.05) is 4.90 Å². The zero-order valence-electron chi connectivity index (χ0n) is 30.1. The van der Waals surface area contributed by atoms with Crippen molar-refractivity contribution >= 4 is 39.0 Å². The number of hydrogen-bond donors (Lipinski definition) is 0. The first-order chi connectivity index (χ1) is 24.7. The molecule has 5 aliphatic carbocycles. The van der Waals surface area contributed by atoms with Crippen LogP contribution in [-0.2, 0) is 16.2 Å². The predicted molar refractivity (Wildman–Crippen MR) is 206 cm³/mol. The van der Waals surface area contributed by atoms with Crippen molar-refractivity contribution in [3.63, 3.8) is 0 Å². The lowest BCUT2D eigenvalue weighted by molar-refractivity contribution is -0.235. The molecule has 0 amide bonds. The summed E-state index contributed by atoms with van der Waals surface area (Å²) in [5, 5.41) is 2.32. The van der Waals surface area contributed by atoms with E-state index in [9.17, 15) is 0 Å². The van der Waals surface area contributed by atoms with E-state index in [1.165, 1.54) is 72.2 Å². The molecule has 1 aliphatic heterocycles. The summed E-state index contributed by atoms with van der Waals surface area (Å²) in [5.74, 6) is 5.35. The van der Waals surface area contributed by atoms with Gasteiger partial charge in [-0.05, 0) is 138 Å². The summed E-state index contributed by atoms with van der Waals surface area (Å²) in [5.41, 5.74) is 11.9. The van der Waals surface area contributed by atoms with Crippen LogP contribution in [0.25, 0.3) is 21.9 Å². The molecule has 0 radical (unpaired) electrons. The van der Waals surface area contributed by atoms with Crippen LogP contribution in [0.4, 0.5) is 17.1 Å². The predicted octanol–water partition coefficient (Wildman–Crippen LogP) is 12.9. The zero-order chi connectivity index (χ0) is 34.1. The topological polar surface area (TPSA) is 25.6 Å². The fourth-order valence-corrected chi connectivity index (χ4v) is 13.3. The molecule has 254 valence electrons. The van der Waals surface area contributed by atoms with Gasteiger partial charge in [0, 0.05) is 38.7 Å². The van der Waals surface area contributed by atoms with E-state index < -0.39 is 0 Å². The van der Waals surface area contributed by atoms with Crippen LogP contribution in [0.5, 0.6) is 11.5 Å². The molecule has 0 saturated heterocycles. The maximum atomic E-state index is 6.84. The van der Waals surface area contributed by atoms with Crippen LogP contribution in [0.15, 0.2) is 108 Å². The molecule has 4 saturated carbocycles. The van der Waals surface area contributed by atoms with Gasteiger partial charge in [0.25, 0.3) is 0 Å². The van der Waals surface area contributed by atoms with Gasteiger partial charge in [-0.25, -0.2) is 0 Å². The quantitative estimate of drug-likeness (QED) is 0.188. The highest BCUT2D eigenvalue weighted by molar-refractivity contribution is 6.10. The lowest BCUT2D eigenvalue weighted by Crippen LogP contribution is -2.74. The van der Waals surface area contributed by atoms with E-state index in [0.717, 1.165) is 51.0 Å². The SMILES string of the molecule is CC1(C)CCC(C)(C)c2cc(N(c3ccc4c(c3)C3(c5ccccc5O4)C4CC5CC6CC3C64C5)c3cccc4c3oc3ccccc34)ccc21. The van der Waals surface area contributed by atoms with Gasteiger partial charge in [-0.2, -0.15) is 0 Å². The molecule has 5 aromatic carbocycles. The first-order valence-corrected chi connectivity index (χ1v) is 19.5. The van der Waals surface area contributed by atoms with Gasteiger partial charge in [0.15, 0.2) is 5.58 Å². The van der Waals surface area contributed by atoms with Crippen LogP contribution >= 0.6 is 0 Å². The van der Waals surface area contributed by atoms with Gasteiger partial charge in [-0.15, -0.1) is 0 Å². The molecule has 2 bridgehead atoms. The van der Waals surface area contributed by atoms with E-state index >= 15 is 0 Å². The Morgan fingerprint density at radius 3 is 2.18 bits per heavy atom. The molecule has 51 heavy (non-hydrogen) atoms. The minimum atomic E-state index is 0.0186. The Morgan fingerprint density at radius 2 is 1.31 bits per heavy atom. The van der Waals surface area contributed by atoms with Crippen molar-refractivity contribution in [1.29, 1.82) is 0 Å². The molecular weight excluding hydrogens is 623 g/mol. The first-order valence-electron chi connectivity index (χ1n) is 19.5. The van der Waals surface area contributed by atoms with E-state index in [0.29, 0.717) is 17.3 Å². The molecule has 2 spiro atoms. The molecule has 6 unspecified atom stereocenters. The van der Waals surface area contributed by atoms with Crippen LogP contribution in [0.1, 0.15) is 88.5 Å². The average Bonchev–Trinajstić information content (AvgIpc) is 3.80. The molecule has 4 fully saturated rings. The number of nitrogens with zero attached hydrogens (tertiary/aromatic N) is 1. The maximum Gasteiger partial charge on any atom is 0.159 e. The Kier molecular flexibility index (Phi) is 5.30. The van der Waals surface area contributed by atoms with E-state index in [-0.39, 0.29) is 16.2 Å². The molecule has 0 N–H and O–H groups in total. The van der Waals surface area contributed by atoms with Gasteiger partial charge >= 0.3 is 0 Å². The van der Waals surface area contributed by atoms with Crippen molar-refractivity contribution in [1.82, 2.24) is 0 Å². The highest BCUT2D eigenvalue weighted by Crippen LogP contribution is 2.89. The monoisotopic (exact) mass is 667 g/mol. The number of benzene rings is 5. The molecular formula is C48H45NO2. The Balaban J connectivity index is 1.11. The van der Waals surface area contributed by atoms with Gasteiger partial charge < -0.3 is 14.1 Å². The number of rotatable bonds is 3. The van der Waals surface area contributed by atoms with Crippen LogP contribution in [0, 0.1) is 29.1 Å². The van der Waals surface area contributed by atoms with E-state index in [2.05, 4.69) is 136 Å². The fourth-order valence-electron chi connectivity index (χ4n) is 13.3. The number of hydrogen-bond acceptors (Lipinski definition) is 3. The van der Waals surface area contributed by atoms with Gasteiger partial charge in [-0.1, -0.05) is 82.3 Å². The largest absolute Gasteiger partial charge is 0.457 e. The van der Waals surface area contributed by atoms with Gasteiger partial charge in [-0.3, -0.25) is 0 Å². The Hall–Kier alpha value is -4.50. The average molecular weight is 668 g/mol. The lowest BCUT2D eigenvalue weighted by atomic mass is 9.26. The second kappa shape index (κ2) is 9.29. The minimum Gasteiger partial charge on any atom is -0.457 e. The molecule has 6 atom stereocenters. The number of ether oxygens (including phenoxy) is 1. The number of anilines is 3. The second-order valence-electron chi connectivity index (χ2n) is 18.4. The summed E-state index contributed by atoms with van der Waals surface area (Å²) in [7, 11) is 0. The highest BCUT2D eigenvalue weighted by Gasteiger charge is 2.84. The van der Waals surface area contributed by atoms with Gasteiger partial charge in [0.2, 0.25) is 0 Å². The normalized spacial score (nSPS) is 30.9. The smallest absolute Gasteiger partial charge is 0.159 e. The molecule has 6 aromatic rings. The minimum absolute atomic E-state index is 0.0186. The van der Waals surface area contributed by atoms with Crippen LogP contribution in [0.3, 0.4) is 0 Å². The van der Waals surface area contributed by atoms with Crippen LogP contribution in [-0.4, -0.2) is 0 Å². The van der Waals surface area contributed by atoms with Crippen molar-refractivity contribution in [2.45, 2.75) is 82.5 Å². The summed E-state index contributed by atoms with van der Waals surface area (Å²) in [4.78, 5) is 2.50. The molecule has 3 nitrogen and oxygen atoms in total. The van der Waals surface area contributed by atoms with Crippen molar-refractivity contribution in [2.24, 2.45) is 29.1 Å². The molecule has 6 aliphatic rings. The number of fused-ring (bicyclic) bond motifs is 11. The Bertz CT molecular complexity index is 2480. The standard InChI is InChI=1S/C48H45NO2/c1-45(2)20-21-46(3,4)36-25-30(16-18-34(36)45)49(38-13-9-11-33-32-10-5-7-14-39(32)51-44(33)38)31-17-19-41-37(26-31)48(35-12-6-8-15-40(35)50-41)42-23-28-22-29-24-43(48)47(29,42)27-28/h5-19,25-26,28-29,42-43H,20-24,27H2,1-4H3. The summed E-state index contributed by atoms with van der Waals surface area (Å²) < 4.78 is 13.6. The summed E-state index contributed by atoms with van der Waals surface area (Å²) in [6, 6.07) is 38.6. The Morgan fingerprint density at radius 1 is 0.608 bits per heavy atom. The first kappa shape index (κ1) is 29.1. The number of furan rings is 1. The molecule has 2 heterocycles. The van der Waals surface area contributed by atoms with Crippen molar-refractivity contribution in [3.05, 3.63) is 125 Å². The van der Waals surface area contributed by atoms with E-state index in [1.807, 2.05) is 0 Å². The Labute approximate surface area is 300 Å². The highest BCUT2D eigenvalue weighted by atomic mass is 16.5. The van der Waals surface area contributed by atoms with Gasteiger partial charge in [0.05, 0.1) is 5.69 Å². The molecule has 3 heteroatoms. The van der Waals surface area contributed by atoms with Crippen molar-refractivity contribution in [3.8, 4) is 11.5 Å². The molecule has 12 rings (SSSR count). The summed E-state index contributed by atoms with van der Waals surface area (Å²) >= 11 is 0. The zero-order valence-corrected chi connectivity index (χ0v) is 30.1. The van der Waals surface area contributed by atoms with Crippen molar-refractivity contribution < 1.29 is 9.15 Å². The fraction of sp³-hybridized carbons (Fsp3) is 0.375. The van der Waals surface area contributed by atoms with Crippen LogP contribution in [0.2, 0.25) is 0 Å². The maximum absolute atomic E-state index is 6.84. The summed E-state index contributed by atoms with van der Waals surface area (Å²) in [6.07, 6.45) is 8.03. The van der Waals surface area contributed by atoms with E-state index in [1.54, 1.807) is 0 Å². The third kappa shape index (κ3) is 3.38. The summed E-state index contributed by atoms with van der Waals surface area (Å²) in [6.45, 7) is 9.70. The molecule has 1 aromatic heterocycles. The number of para-hydroxylation sites is 3. The third-order valence-electron chi connectivity index (χ3n) is 15.4. The third-order valence-corrected chi connectivity index (χ3v) is 15.4.